The molecule has 2 N–H and O–H groups in total. The molecule has 1 saturated heterocycles. The topological polar surface area (TPSA) is 106 Å². The van der Waals surface area contributed by atoms with Crippen LogP contribution in [0.1, 0.15) is 10.5 Å². The number of nitrogens with zero attached hydrogens (tertiary/aromatic N) is 4. The van der Waals surface area contributed by atoms with Gasteiger partial charge in [-0.2, -0.15) is 0 Å². The van der Waals surface area contributed by atoms with E-state index in [9.17, 15) is 19.5 Å². The average Bonchev–Trinajstić information content (AvgIpc) is 2.83. The van der Waals surface area contributed by atoms with E-state index in [4.69, 9.17) is 0 Å². The highest BCUT2D eigenvalue weighted by molar-refractivity contribution is 5.92. The van der Waals surface area contributed by atoms with Crippen LogP contribution >= 0.6 is 0 Å². The second-order valence-electron chi connectivity index (χ2n) is 6.06. The van der Waals surface area contributed by atoms with Gasteiger partial charge in [0.1, 0.15) is 11.5 Å². The maximum absolute atomic E-state index is 12.2. The van der Waals surface area contributed by atoms with Crippen molar-refractivity contribution < 1.29 is 19.5 Å². The first-order valence-electron chi connectivity index (χ1n) is 7.96. The summed E-state index contributed by atoms with van der Waals surface area (Å²) in [6, 6.07) is 4.81. The van der Waals surface area contributed by atoms with Gasteiger partial charge in [-0.15, -0.1) is 0 Å². The van der Waals surface area contributed by atoms with E-state index < -0.39 is 11.9 Å². The summed E-state index contributed by atoms with van der Waals surface area (Å²) < 4.78 is 0. The van der Waals surface area contributed by atoms with Gasteiger partial charge in [-0.05, 0) is 12.1 Å². The standard InChI is InChI=1S/C16H23N5O4/c1-17-14(22)12-5-4-6-13(18-12)20-7-8-21(16(25)19(2)3)10-11(9-20)15(23)24/h4-6,11H,7-10H2,1-3H3,(H,17,22)(H,23,24). The van der Waals surface area contributed by atoms with Gasteiger partial charge in [-0.25, -0.2) is 9.78 Å². The molecule has 2 heterocycles. The number of nitrogens with one attached hydrogen (secondary N) is 1. The second kappa shape index (κ2) is 7.82. The van der Waals surface area contributed by atoms with Crippen molar-refractivity contribution in [2.24, 2.45) is 5.92 Å². The van der Waals surface area contributed by atoms with Gasteiger partial charge < -0.3 is 25.1 Å². The Morgan fingerprint density at radius 3 is 2.56 bits per heavy atom. The summed E-state index contributed by atoms with van der Waals surface area (Å²) in [6.07, 6.45) is 0. The first-order chi connectivity index (χ1) is 11.8. The van der Waals surface area contributed by atoms with Crippen LogP contribution in [0.4, 0.5) is 10.6 Å². The summed E-state index contributed by atoms with van der Waals surface area (Å²) in [5.41, 5.74) is 0.261. The first kappa shape index (κ1) is 18.5. The molecule has 2 rings (SSSR count). The third-order valence-electron chi connectivity index (χ3n) is 4.04. The highest BCUT2D eigenvalue weighted by atomic mass is 16.4. The Hall–Kier alpha value is -2.84. The molecule has 0 saturated carbocycles. The zero-order chi connectivity index (χ0) is 18.6. The number of amides is 3. The predicted molar refractivity (Wildman–Crippen MR) is 91.6 cm³/mol. The molecule has 9 nitrogen and oxygen atoms in total. The summed E-state index contributed by atoms with van der Waals surface area (Å²) in [5.74, 6) is -1.50. The van der Waals surface area contributed by atoms with E-state index >= 15 is 0 Å². The van der Waals surface area contributed by atoms with Crippen LogP contribution in [-0.2, 0) is 4.79 Å². The molecule has 1 aliphatic rings. The molecule has 0 aromatic carbocycles. The minimum atomic E-state index is -0.967. The van der Waals surface area contributed by atoms with Crippen LogP contribution in [0, 0.1) is 5.92 Å². The van der Waals surface area contributed by atoms with Gasteiger partial charge in [0, 0.05) is 47.3 Å². The molecule has 0 aliphatic carbocycles. The van der Waals surface area contributed by atoms with Crippen LogP contribution in [0.2, 0.25) is 0 Å². The monoisotopic (exact) mass is 349 g/mol. The number of hydrogen-bond donors (Lipinski definition) is 2. The number of aromatic nitrogens is 1. The van der Waals surface area contributed by atoms with Crippen LogP contribution in [0.15, 0.2) is 18.2 Å². The number of pyridine rings is 1. The lowest BCUT2D eigenvalue weighted by molar-refractivity contribution is -0.141. The molecule has 0 radical (unpaired) electrons. The van der Waals surface area contributed by atoms with E-state index in [1.54, 1.807) is 37.2 Å². The molecule has 1 aromatic heterocycles. The van der Waals surface area contributed by atoms with Gasteiger partial charge in [0.2, 0.25) is 0 Å². The fraction of sp³-hybridized carbons (Fsp3) is 0.500. The largest absolute Gasteiger partial charge is 0.481 e. The van der Waals surface area contributed by atoms with Crippen molar-refractivity contribution in [3.8, 4) is 0 Å². The van der Waals surface area contributed by atoms with E-state index in [0.29, 0.717) is 18.9 Å². The van der Waals surface area contributed by atoms with E-state index in [-0.39, 0.29) is 30.7 Å². The average molecular weight is 349 g/mol. The molecule has 1 aliphatic heterocycles. The zero-order valence-corrected chi connectivity index (χ0v) is 14.6. The second-order valence-corrected chi connectivity index (χ2v) is 6.06. The number of carboxylic acids is 1. The summed E-state index contributed by atoms with van der Waals surface area (Å²) in [7, 11) is 4.79. The molecule has 1 unspecified atom stereocenters. The Bertz CT molecular complexity index is 664. The lowest BCUT2D eigenvalue weighted by Gasteiger charge is -2.25. The van der Waals surface area contributed by atoms with Crippen molar-refractivity contribution in [2.45, 2.75) is 0 Å². The molecule has 1 atom stereocenters. The Morgan fingerprint density at radius 2 is 1.96 bits per heavy atom. The van der Waals surface area contributed by atoms with Crippen LogP contribution in [0.3, 0.4) is 0 Å². The highest BCUT2D eigenvalue weighted by Gasteiger charge is 2.31. The third kappa shape index (κ3) is 4.37. The molecule has 136 valence electrons. The van der Waals surface area contributed by atoms with E-state index in [1.807, 2.05) is 0 Å². The summed E-state index contributed by atoms with van der Waals surface area (Å²) in [4.78, 5) is 44.6. The number of anilines is 1. The summed E-state index contributed by atoms with van der Waals surface area (Å²) >= 11 is 0. The van der Waals surface area contributed by atoms with Gasteiger partial charge >= 0.3 is 12.0 Å². The minimum absolute atomic E-state index is 0.137. The highest BCUT2D eigenvalue weighted by Crippen LogP contribution is 2.18. The van der Waals surface area contributed by atoms with Gasteiger partial charge in [-0.1, -0.05) is 6.07 Å². The van der Waals surface area contributed by atoms with Crippen LogP contribution in [0.5, 0.6) is 0 Å². The molecule has 3 amide bonds. The van der Waals surface area contributed by atoms with Crippen LogP contribution in [0.25, 0.3) is 0 Å². The van der Waals surface area contributed by atoms with E-state index in [2.05, 4.69) is 10.3 Å². The number of urea groups is 1. The maximum Gasteiger partial charge on any atom is 0.319 e. The Kier molecular flexibility index (Phi) is 5.79. The Morgan fingerprint density at radius 1 is 1.24 bits per heavy atom. The normalized spacial score (nSPS) is 17.6. The molecular formula is C16H23N5O4. The van der Waals surface area contributed by atoms with E-state index in [1.165, 1.54) is 16.8 Å². The van der Waals surface area contributed by atoms with Crippen molar-refractivity contribution in [2.75, 3.05) is 52.2 Å². The van der Waals surface area contributed by atoms with Gasteiger partial charge in [0.25, 0.3) is 5.91 Å². The summed E-state index contributed by atoms with van der Waals surface area (Å²) in [6.45, 7) is 1.18. The zero-order valence-electron chi connectivity index (χ0n) is 14.6. The molecule has 0 spiro atoms. The maximum atomic E-state index is 12.2. The van der Waals surface area contributed by atoms with Crippen molar-refractivity contribution in [3.05, 3.63) is 23.9 Å². The van der Waals surface area contributed by atoms with E-state index in [0.717, 1.165) is 0 Å². The summed E-state index contributed by atoms with van der Waals surface area (Å²) in [5, 5.41) is 12.0. The van der Waals surface area contributed by atoms with Crippen molar-refractivity contribution >= 4 is 23.7 Å². The number of rotatable bonds is 3. The van der Waals surface area contributed by atoms with Crippen LogP contribution in [-0.4, -0.2) is 85.1 Å². The fourth-order valence-corrected chi connectivity index (χ4v) is 2.69. The molecular weight excluding hydrogens is 326 g/mol. The number of carboxylic acid groups (broad SMARTS) is 1. The smallest absolute Gasteiger partial charge is 0.319 e. The van der Waals surface area contributed by atoms with Gasteiger partial charge in [0.05, 0.1) is 5.92 Å². The minimum Gasteiger partial charge on any atom is -0.481 e. The molecule has 9 heteroatoms. The SMILES string of the molecule is CNC(=O)c1cccc(N2CCN(C(=O)N(C)C)CC(C(=O)O)C2)n1. The third-order valence-corrected chi connectivity index (χ3v) is 4.04. The number of carbonyl (C=O) groups is 3. The molecule has 0 bridgehead atoms. The lowest BCUT2D eigenvalue weighted by atomic mass is 10.1. The number of carbonyl (C=O) groups excluding carboxylic acids is 2. The first-order valence-corrected chi connectivity index (χ1v) is 7.96. The number of hydrogen-bond acceptors (Lipinski definition) is 5. The Balaban J connectivity index is 2.26. The Labute approximate surface area is 146 Å². The fourth-order valence-electron chi connectivity index (χ4n) is 2.69. The van der Waals surface area contributed by atoms with Crippen molar-refractivity contribution in [3.63, 3.8) is 0 Å². The van der Waals surface area contributed by atoms with Gasteiger partial charge in [-0.3, -0.25) is 9.59 Å². The van der Waals surface area contributed by atoms with Crippen LogP contribution < -0.4 is 10.2 Å². The van der Waals surface area contributed by atoms with Gasteiger partial charge in [0.15, 0.2) is 0 Å². The van der Waals surface area contributed by atoms with Crippen molar-refractivity contribution in [1.82, 2.24) is 20.1 Å². The predicted octanol–water partition coefficient (Wildman–Crippen LogP) is -0.0544. The quantitative estimate of drug-likeness (QED) is 0.792. The number of aliphatic carboxylic acids is 1. The molecule has 1 fully saturated rings. The molecule has 1 aromatic rings. The lowest BCUT2D eigenvalue weighted by Crippen LogP contribution is -2.43. The van der Waals surface area contributed by atoms with Crippen molar-refractivity contribution in [1.29, 1.82) is 0 Å². The molecule has 25 heavy (non-hydrogen) atoms.